The molecular weight excluding hydrogens is 350 g/mol. The monoisotopic (exact) mass is 363 g/mol. The number of hydrogen-bond acceptors (Lipinski definition) is 5. The lowest BCUT2D eigenvalue weighted by Crippen LogP contribution is -2.30. The summed E-state index contributed by atoms with van der Waals surface area (Å²) in [6.45, 7) is 0. The van der Waals surface area contributed by atoms with Crippen LogP contribution in [0.1, 0.15) is 17.5 Å². The fraction of sp³-hybridized carbons (Fsp3) is 0.125. The molecule has 0 amide bonds. The Morgan fingerprint density at radius 3 is 2.42 bits per heavy atom. The number of hydrogen-bond donors (Lipinski definition) is 1. The topological polar surface area (TPSA) is 85.1 Å². The van der Waals surface area contributed by atoms with Crippen LogP contribution in [-0.4, -0.2) is 18.6 Å². The predicted molar refractivity (Wildman–Crippen MR) is 89.0 cm³/mol. The number of aromatic nitrogens is 2. The maximum absolute atomic E-state index is 12.6. The molecule has 1 atom stereocenters. The van der Waals surface area contributed by atoms with Gasteiger partial charge in [0.15, 0.2) is 0 Å². The van der Waals surface area contributed by atoms with Crippen molar-refractivity contribution in [2.75, 3.05) is 0 Å². The summed E-state index contributed by atoms with van der Waals surface area (Å²) >= 11 is 5.81. The highest BCUT2D eigenvalue weighted by Gasteiger charge is 2.25. The van der Waals surface area contributed by atoms with Gasteiger partial charge in [-0.05, 0) is 36.2 Å². The average Bonchev–Trinajstić information content (AvgIpc) is 3.10. The first-order valence-corrected chi connectivity index (χ1v) is 8.98. The number of benzene rings is 2. The normalized spacial score (nSPS) is 12.9. The zero-order chi connectivity index (χ0) is 17.0. The second-order valence-electron chi connectivity index (χ2n) is 5.09. The van der Waals surface area contributed by atoms with Gasteiger partial charge in [0.1, 0.15) is 6.04 Å². The molecule has 124 valence electrons. The van der Waals surface area contributed by atoms with Gasteiger partial charge in [-0.1, -0.05) is 41.9 Å². The Morgan fingerprint density at radius 2 is 1.79 bits per heavy atom. The lowest BCUT2D eigenvalue weighted by atomic mass is 10.1. The van der Waals surface area contributed by atoms with Crippen molar-refractivity contribution in [2.24, 2.45) is 0 Å². The quantitative estimate of drug-likeness (QED) is 0.727. The van der Waals surface area contributed by atoms with Gasteiger partial charge < -0.3 is 4.42 Å². The maximum Gasteiger partial charge on any atom is 0.241 e. The molecule has 0 bridgehead atoms. The van der Waals surface area contributed by atoms with Crippen LogP contribution < -0.4 is 4.72 Å². The molecule has 0 aliphatic heterocycles. The van der Waals surface area contributed by atoms with E-state index in [9.17, 15) is 8.42 Å². The number of rotatable bonds is 6. The van der Waals surface area contributed by atoms with Crippen LogP contribution in [0.2, 0.25) is 5.02 Å². The van der Waals surface area contributed by atoms with Gasteiger partial charge in [0.2, 0.25) is 22.3 Å². The molecule has 0 aliphatic carbocycles. The van der Waals surface area contributed by atoms with Crippen LogP contribution in [0, 0.1) is 0 Å². The molecule has 0 aliphatic rings. The van der Waals surface area contributed by atoms with Crippen LogP contribution in [0.5, 0.6) is 0 Å². The highest BCUT2D eigenvalue weighted by atomic mass is 35.5. The summed E-state index contributed by atoms with van der Waals surface area (Å²) in [4.78, 5) is 0.115. The molecule has 3 aromatic rings. The van der Waals surface area contributed by atoms with Crippen LogP contribution in [0.4, 0.5) is 0 Å². The largest absolute Gasteiger partial charge is 0.426 e. The maximum atomic E-state index is 12.6. The van der Waals surface area contributed by atoms with Crippen molar-refractivity contribution in [2.45, 2.75) is 17.4 Å². The van der Waals surface area contributed by atoms with Gasteiger partial charge in [-0.3, -0.25) is 0 Å². The van der Waals surface area contributed by atoms with E-state index in [1.165, 1.54) is 30.7 Å². The molecule has 2 aromatic carbocycles. The van der Waals surface area contributed by atoms with Gasteiger partial charge in [0, 0.05) is 5.02 Å². The van der Waals surface area contributed by atoms with E-state index in [2.05, 4.69) is 14.9 Å². The Morgan fingerprint density at radius 1 is 1.08 bits per heavy atom. The number of halogens is 1. The Kier molecular flexibility index (Phi) is 4.94. The van der Waals surface area contributed by atoms with Crippen molar-refractivity contribution in [3.63, 3.8) is 0 Å². The molecule has 0 fully saturated rings. The minimum atomic E-state index is -3.76. The summed E-state index contributed by atoms with van der Waals surface area (Å²) in [6.07, 6.45) is 1.56. The molecule has 0 spiro atoms. The molecule has 0 saturated heterocycles. The molecule has 8 heteroatoms. The van der Waals surface area contributed by atoms with Gasteiger partial charge in [-0.15, -0.1) is 10.2 Å². The lowest BCUT2D eigenvalue weighted by molar-refractivity contribution is 0.426. The highest BCUT2D eigenvalue weighted by molar-refractivity contribution is 7.89. The van der Waals surface area contributed by atoms with E-state index in [0.717, 1.165) is 5.56 Å². The van der Waals surface area contributed by atoms with Crippen molar-refractivity contribution < 1.29 is 12.8 Å². The van der Waals surface area contributed by atoms with Gasteiger partial charge in [0.25, 0.3) is 0 Å². The third-order valence-electron chi connectivity index (χ3n) is 3.38. The minimum absolute atomic E-state index is 0.115. The third kappa shape index (κ3) is 4.00. The first-order valence-electron chi connectivity index (χ1n) is 7.12. The molecule has 6 nitrogen and oxygen atoms in total. The molecule has 3 rings (SSSR count). The molecule has 1 unspecified atom stereocenters. The van der Waals surface area contributed by atoms with Crippen molar-refractivity contribution >= 4 is 21.6 Å². The number of nitrogens with one attached hydrogen (secondary N) is 1. The number of sulfonamides is 1. The lowest BCUT2D eigenvalue weighted by Gasteiger charge is -2.15. The van der Waals surface area contributed by atoms with Crippen molar-refractivity contribution in [1.29, 1.82) is 0 Å². The molecule has 1 heterocycles. The summed E-state index contributed by atoms with van der Waals surface area (Å²) < 4.78 is 33.0. The zero-order valence-corrected chi connectivity index (χ0v) is 14.0. The smallest absolute Gasteiger partial charge is 0.241 e. The summed E-state index contributed by atoms with van der Waals surface area (Å²) in [7, 11) is -3.76. The van der Waals surface area contributed by atoms with Gasteiger partial charge in [0.05, 0.1) is 4.90 Å². The predicted octanol–water partition coefficient (Wildman–Crippen LogP) is 2.99. The molecular formula is C16H14ClN3O3S. The SMILES string of the molecule is O=S(=O)(NC(Cc1ccccc1)c1nnco1)c1ccc(Cl)cc1. The minimum Gasteiger partial charge on any atom is -0.426 e. The number of nitrogens with zero attached hydrogens (tertiary/aromatic N) is 2. The van der Waals surface area contributed by atoms with Gasteiger partial charge in [-0.25, -0.2) is 8.42 Å². The van der Waals surface area contributed by atoms with E-state index in [1.807, 2.05) is 30.3 Å². The Labute approximate surface area is 144 Å². The second kappa shape index (κ2) is 7.12. The molecule has 24 heavy (non-hydrogen) atoms. The van der Waals surface area contributed by atoms with Crippen LogP contribution in [-0.2, 0) is 16.4 Å². The van der Waals surface area contributed by atoms with Gasteiger partial charge in [-0.2, -0.15) is 4.72 Å². The first-order chi connectivity index (χ1) is 11.5. The first kappa shape index (κ1) is 16.6. The third-order valence-corrected chi connectivity index (χ3v) is 5.12. The fourth-order valence-corrected chi connectivity index (χ4v) is 3.55. The van der Waals surface area contributed by atoms with Crippen molar-refractivity contribution in [3.8, 4) is 0 Å². The fourth-order valence-electron chi connectivity index (χ4n) is 2.23. The molecule has 0 radical (unpaired) electrons. The van der Waals surface area contributed by atoms with Crippen molar-refractivity contribution in [1.82, 2.24) is 14.9 Å². The molecule has 1 N–H and O–H groups in total. The Bertz CT molecular complexity index is 882. The van der Waals surface area contributed by atoms with Crippen LogP contribution in [0.3, 0.4) is 0 Å². The van der Waals surface area contributed by atoms with E-state index >= 15 is 0 Å². The van der Waals surface area contributed by atoms with E-state index in [-0.39, 0.29) is 10.8 Å². The van der Waals surface area contributed by atoms with Crippen LogP contribution in [0.25, 0.3) is 0 Å². The summed E-state index contributed by atoms with van der Waals surface area (Å²) in [5.41, 5.74) is 0.944. The Balaban J connectivity index is 1.87. The summed E-state index contributed by atoms with van der Waals surface area (Å²) in [5, 5.41) is 7.93. The zero-order valence-electron chi connectivity index (χ0n) is 12.5. The molecule has 1 aromatic heterocycles. The Hall–Kier alpha value is -2.22. The van der Waals surface area contributed by atoms with Crippen LogP contribution in [0.15, 0.2) is 70.3 Å². The molecule has 0 saturated carbocycles. The van der Waals surface area contributed by atoms with Crippen molar-refractivity contribution in [3.05, 3.63) is 77.5 Å². The van der Waals surface area contributed by atoms with E-state index < -0.39 is 16.1 Å². The highest BCUT2D eigenvalue weighted by Crippen LogP contribution is 2.21. The summed E-state index contributed by atoms with van der Waals surface area (Å²) in [5.74, 6) is 0.205. The summed E-state index contributed by atoms with van der Waals surface area (Å²) in [6, 6.07) is 14.7. The van der Waals surface area contributed by atoms with E-state index in [4.69, 9.17) is 16.0 Å². The average molecular weight is 364 g/mol. The van der Waals surface area contributed by atoms with E-state index in [0.29, 0.717) is 11.4 Å². The van der Waals surface area contributed by atoms with E-state index in [1.54, 1.807) is 0 Å². The van der Waals surface area contributed by atoms with Crippen LogP contribution >= 0.6 is 11.6 Å². The standard InChI is InChI=1S/C16H14ClN3O3S/c17-13-6-8-14(9-7-13)24(21,22)20-15(16-19-18-11-23-16)10-12-4-2-1-3-5-12/h1-9,11,15,20H,10H2. The van der Waals surface area contributed by atoms with Gasteiger partial charge >= 0.3 is 0 Å². The second-order valence-corrected chi connectivity index (χ2v) is 7.24.